The number of fused-ring (bicyclic) bond motifs is 1. The van der Waals surface area contributed by atoms with E-state index >= 15 is 0 Å². The van der Waals surface area contributed by atoms with Crippen molar-refractivity contribution in [3.05, 3.63) is 63.7 Å². The highest BCUT2D eigenvalue weighted by Crippen LogP contribution is 2.40. The molecule has 0 unspecified atom stereocenters. The van der Waals surface area contributed by atoms with Gasteiger partial charge in [0.25, 0.3) is 5.70 Å². The number of benzene rings is 1. The standard InChI is InChI=1S/C16H10F2N2O/c1-8(2)4-11-15(14(7-19)20-3)9-5-12(17)13(18)6-10(9)16(11)21/h4-6,8H,1-2H3/b11-4-,15-14-. The van der Waals surface area contributed by atoms with E-state index in [1.54, 1.807) is 12.1 Å². The fraction of sp³-hybridized carbons (Fsp3) is 0.188. The summed E-state index contributed by atoms with van der Waals surface area (Å²) in [6.07, 6.45) is 1.59. The Morgan fingerprint density at radius 2 is 1.90 bits per heavy atom. The van der Waals surface area contributed by atoms with Crippen molar-refractivity contribution >= 4 is 11.4 Å². The van der Waals surface area contributed by atoms with E-state index in [1.165, 1.54) is 0 Å². The van der Waals surface area contributed by atoms with Crippen LogP contribution >= 0.6 is 0 Å². The van der Waals surface area contributed by atoms with Crippen LogP contribution in [0, 0.1) is 35.5 Å². The zero-order valence-corrected chi connectivity index (χ0v) is 11.4. The maximum atomic E-state index is 13.4. The molecular formula is C16H10F2N2O. The van der Waals surface area contributed by atoms with E-state index in [0.717, 1.165) is 12.1 Å². The minimum absolute atomic E-state index is 0.0198. The van der Waals surface area contributed by atoms with Crippen LogP contribution in [0.3, 0.4) is 0 Å². The Labute approximate surface area is 120 Å². The molecule has 0 N–H and O–H groups in total. The summed E-state index contributed by atoms with van der Waals surface area (Å²) in [4.78, 5) is 15.4. The number of Topliss-reactive ketones (excluding diaryl/α,β-unsaturated/α-hetero) is 1. The van der Waals surface area contributed by atoms with Crippen LogP contribution in [0.4, 0.5) is 8.78 Å². The van der Waals surface area contributed by atoms with Gasteiger partial charge in [-0.25, -0.2) is 18.9 Å². The van der Waals surface area contributed by atoms with Crippen molar-refractivity contribution < 1.29 is 13.6 Å². The number of carbonyl (C=O) groups excluding carboxylic acids is 1. The summed E-state index contributed by atoms with van der Waals surface area (Å²) < 4.78 is 26.8. The van der Waals surface area contributed by atoms with Crippen molar-refractivity contribution in [3.8, 4) is 6.07 Å². The maximum Gasteiger partial charge on any atom is 0.270 e. The van der Waals surface area contributed by atoms with Gasteiger partial charge >= 0.3 is 0 Å². The molecule has 3 nitrogen and oxygen atoms in total. The summed E-state index contributed by atoms with van der Waals surface area (Å²) in [7, 11) is 0. The van der Waals surface area contributed by atoms with E-state index < -0.39 is 17.4 Å². The monoisotopic (exact) mass is 284 g/mol. The van der Waals surface area contributed by atoms with Gasteiger partial charge in [0.1, 0.15) is 0 Å². The summed E-state index contributed by atoms with van der Waals surface area (Å²) in [5.41, 5.74) is 0.00297. The van der Waals surface area contributed by atoms with E-state index in [-0.39, 0.29) is 33.9 Å². The van der Waals surface area contributed by atoms with Gasteiger partial charge in [0.2, 0.25) is 0 Å². The second-order valence-electron chi connectivity index (χ2n) is 4.91. The molecule has 0 atom stereocenters. The number of nitrogens with zero attached hydrogens (tertiary/aromatic N) is 2. The van der Waals surface area contributed by atoms with Crippen LogP contribution in [-0.4, -0.2) is 5.78 Å². The Hall–Kier alpha value is -2.79. The number of hydrogen-bond donors (Lipinski definition) is 0. The lowest BCUT2D eigenvalue weighted by Gasteiger charge is -2.04. The maximum absolute atomic E-state index is 13.4. The largest absolute Gasteiger partial charge is 0.289 e. The molecular weight excluding hydrogens is 274 g/mol. The summed E-state index contributed by atoms with van der Waals surface area (Å²) >= 11 is 0. The first-order chi connectivity index (χ1) is 9.90. The third-order valence-electron chi connectivity index (χ3n) is 3.04. The third kappa shape index (κ3) is 2.34. The molecule has 0 aromatic heterocycles. The average Bonchev–Trinajstić information content (AvgIpc) is 2.66. The molecule has 0 saturated carbocycles. The third-order valence-corrected chi connectivity index (χ3v) is 3.04. The van der Waals surface area contributed by atoms with Crippen molar-refractivity contribution in [2.24, 2.45) is 5.92 Å². The van der Waals surface area contributed by atoms with Gasteiger partial charge in [0.15, 0.2) is 17.4 Å². The number of allylic oxidation sites excluding steroid dienone is 4. The first-order valence-electron chi connectivity index (χ1n) is 6.18. The fourth-order valence-electron chi connectivity index (χ4n) is 2.23. The normalized spacial score (nSPS) is 17.7. The molecule has 0 amide bonds. The van der Waals surface area contributed by atoms with Crippen LogP contribution in [0.5, 0.6) is 0 Å². The van der Waals surface area contributed by atoms with E-state index in [4.69, 9.17) is 11.8 Å². The van der Waals surface area contributed by atoms with Crippen LogP contribution in [0.2, 0.25) is 0 Å². The predicted molar refractivity (Wildman–Crippen MR) is 72.7 cm³/mol. The van der Waals surface area contributed by atoms with Crippen molar-refractivity contribution in [3.63, 3.8) is 0 Å². The zero-order valence-electron chi connectivity index (χ0n) is 11.4. The van der Waals surface area contributed by atoms with Crippen LogP contribution in [0.25, 0.3) is 10.4 Å². The summed E-state index contributed by atoms with van der Waals surface area (Å²) in [6, 6.07) is 3.38. The highest BCUT2D eigenvalue weighted by Gasteiger charge is 2.33. The lowest BCUT2D eigenvalue weighted by atomic mass is 10.00. The van der Waals surface area contributed by atoms with E-state index in [9.17, 15) is 13.6 Å². The molecule has 21 heavy (non-hydrogen) atoms. The molecule has 0 heterocycles. The molecule has 0 bridgehead atoms. The molecule has 0 radical (unpaired) electrons. The number of ketones is 1. The molecule has 0 spiro atoms. The summed E-state index contributed by atoms with van der Waals surface area (Å²) in [5.74, 6) is -2.77. The molecule has 1 aromatic carbocycles. The Kier molecular flexibility index (Phi) is 3.69. The van der Waals surface area contributed by atoms with Gasteiger partial charge in [-0.15, -0.1) is 0 Å². The lowest BCUT2D eigenvalue weighted by molar-refractivity contribution is 0.104. The average molecular weight is 284 g/mol. The molecule has 1 aromatic rings. The Bertz CT molecular complexity index is 774. The molecule has 0 aliphatic heterocycles. The van der Waals surface area contributed by atoms with E-state index in [2.05, 4.69) is 4.85 Å². The molecule has 0 fully saturated rings. The fourth-order valence-corrected chi connectivity index (χ4v) is 2.23. The van der Waals surface area contributed by atoms with Crippen molar-refractivity contribution in [2.75, 3.05) is 0 Å². The second kappa shape index (κ2) is 5.30. The van der Waals surface area contributed by atoms with Crippen molar-refractivity contribution in [2.45, 2.75) is 13.8 Å². The van der Waals surface area contributed by atoms with Gasteiger partial charge in [-0.2, -0.15) is 0 Å². The topological polar surface area (TPSA) is 45.2 Å². The molecule has 104 valence electrons. The van der Waals surface area contributed by atoms with Crippen LogP contribution in [-0.2, 0) is 0 Å². The van der Waals surface area contributed by atoms with Crippen LogP contribution in [0.15, 0.2) is 29.5 Å². The van der Waals surface area contributed by atoms with Gasteiger partial charge in [-0.3, -0.25) is 4.79 Å². The molecule has 1 aliphatic rings. The first kappa shape index (κ1) is 14.6. The zero-order chi connectivity index (χ0) is 15.7. The van der Waals surface area contributed by atoms with Gasteiger partial charge < -0.3 is 0 Å². The van der Waals surface area contributed by atoms with E-state index in [0.29, 0.717) is 0 Å². The SMILES string of the molecule is [C-]#[N+]/C(C#N)=C1\C(=C\C(C)C)C(=O)c2cc(F)c(F)cc21. The minimum Gasteiger partial charge on any atom is -0.289 e. The quantitative estimate of drug-likeness (QED) is 0.446. The molecule has 1 aliphatic carbocycles. The summed E-state index contributed by atoms with van der Waals surface area (Å²) in [5, 5.41) is 9.05. The molecule has 2 rings (SSSR count). The predicted octanol–water partition coefficient (Wildman–Crippen LogP) is 3.90. The number of carbonyl (C=O) groups is 1. The van der Waals surface area contributed by atoms with Crippen molar-refractivity contribution in [1.82, 2.24) is 0 Å². The minimum atomic E-state index is -1.13. The molecule has 5 heteroatoms. The van der Waals surface area contributed by atoms with Crippen molar-refractivity contribution in [1.29, 1.82) is 5.26 Å². The lowest BCUT2D eigenvalue weighted by Crippen LogP contribution is -1.98. The first-order valence-corrected chi connectivity index (χ1v) is 6.18. The second-order valence-corrected chi connectivity index (χ2v) is 4.91. The van der Waals surface area contributed by atoms with Gasteiger partial charge in [-0.1, -0.05) is 19.9 Å². The highest BCUT2D eigenvalue weighted by molar-refractivity contribution is 6.27. The Morgan fingerprint density at radius 1 is 1.33 bits per heavy atom. The summed E-state index contributed by atoms with van der Waals surface area (Å²) in [6.45, 7) is 10.7. The smallest absolute Gasteiger partial charge is 0.270 e. The number of halogens is 2. The Balaban J connectivity index is 2.88. The number of rotatable bonds is 1. The number of nitriles is 1. The Morgan fingerprint density at radius 3 is 2.38 bits per heavy atom. The number of hydrogen-bond acceptors (Lipinski definition) is 2. The van der Waals surface area contributed by atoms with Crippen LogP contribution in [0.1, 0.15) is 29.8 Å². The van der Waals surface area contributed by atoms with Crippen LogP contribution < -0.4 is 0 Å². The van der Waals surface area contributed by atoms with Gasteiger partial charge in [-0.05, 0) is 23.6 Å². The van der Waals surface area contributed by atoms with E-state index in [1.807, 2.05) is 13.8 Å². The highest BCUT2D eigenvalue weighted by atomic mass is 19.2. The molecule has 0 saturated heterocycles. The van der Waals surface area contributed by atoms with Gasteiger partial charge in [0, 0.05) is 16.7 Å². The van der Waals surface area contributed by atoms with Gasteiger partial charge in [0.05, 0.1) is 12.6 Å².